The van der Waals surface area contributed by atoms with E-state index in [4.69, 9.17) is 58.0 Å². The van der Waals surface area contributed by atoms with Crippen molar-refractivity contribution in [1.82, 2.24) is 0 Å². The molecule has 12 heavy (non-hydrogen) atoms. The smallest absolute Gasteiger partial charge is 0.260 e. The average Bonchev–Trinajstić information content (AvgIpc) is 1.88. The summed E-state index contributed by atoms with van der Waals surface area (Å²) in [5, 5.41) is 9.43. The Bertz CT molecular complexity index is 154. The first kappa shape index (κ1) is 15.1. The molecule has 0 aromatic rings. The Balaban J connectivity index is 0. The Morgan fingerprint density at radius 3 is 1.75 bits per heavy atom. The Morgan fingerprint density at radius 2 is 1.75 bits per heavy atom. The summed E-state index contributed by atoms with van der Waals surface area (Å²) in [6.07, 6.45) is 1.66. The van der Waals surface area contributed by atoms with E-state index in [1.165, 1.54) is 5.54 Å². The Hall–Kier alpha value is 0.590. The molecule has 0 aromatic heterocycles. The van der Waals surface area contributed by atoms with Crippen LogP contribution in [0.4, 0.5) is 0 Å². The van der Waals surface area contributed by atoms with Crippen molar-refractivity contribution in [3.63, 3.8) is 0 Å². The van der Waals surface area contributed by atoms with Crippen molar-refractivity contribution >= 4 is 58.0 Å². The lowest BCUT2D eigenvalue weighted by molar-refractivity contribution is -0.491. The predicted octanol–water partition coefficient (Wildman–Crippen LogP) is 3.57. The van der Waals surface area contributed by atoms with Gasteiger partial charge in [-0.05, 0) is 34.8 Å². The molecular weight excluding hydrogens is 271 g/mol. The summed E-state index contributed by atoms with van der Waals surface area (Å²) >= 11 is 24.3. The van der Waals surface area contributed by atoms with Crippen LogP contribution in [-0.2, 0) is 0 Å². The average molecular weight is 275 g/mol. The largest absolute Gasteiger partial charge is 0.449 e. The molecule has 0 aliphatic carbocycles. The van der Waals surface area contributed by atoms with E-state index in [1.807, 2.05) is 0 Å². The van der Waals surface area contributed by atoms with Crippen molar-refractivity contribution < 1.29 is 4.92 Å². The van der Waals surface area contributed by atoms with Crippen molar-refractivity contribution in [2.24, 2.45) is 0 Å². The second-order valence-electron chi connectivity index (χ2n) is 1.24. The van der Waals surface area contributed by atoms with Gasteiger partial charge in [-0.25, -0.2) is 0 Å². The lowest BCUT2D eigenvalue weighted by atomic mass is 10.8. The normalized spacial score (nSPS) is 10.8. The first-order chi connectivity index (χ1) is 5.36. The summed E-state index contributed by atoms with van der Waals surface area (Å²) in [7, 11) is 0. The standard InChI is InChI=1S/C3H4Cl2.CCl3NO2/c4-2-1-3-5;2-1(3,4)5(6)7/h1-2H,3H2;/b2-1+;. The first-order valence-corrected chi connectivity index (χ1v) is 4.49. The second kappa shape index (κ2) is 8.20. The number of hydrogen-bond donors (Lipinski definition) is 0. The third kappa shape index (κ3) is 13.2. The van der Waals surface area contributed by atoms with Crippen LogP contribution in [0.5, 0.6) is 0 Å². The summed E-state index contributed by atoms with van der Waals surface area (Å²) in [6.45, 7) is 0. The van der Waals surface area contributed by atoms with Crippen LogP contribution in [0.15, 0.2) is 11.6 Å². The highest BCUT2D eigenvalue weighted by molar-refractivity contribution is 6.65. The number of nitro groups is 1. The lowest BCUT2D eigenvalue weighted by Gasteiger charge is -1.96. The fourth-order valence-electron chi connectivity index (χ4n) is 0.0337. The molecular formula is C4H4Cl5NO2. The maximum Gasteiger partial charge on any atom is 0.449 e. The van der Waals surface area contributed by atoms with Gasteiger partial charge in [0.25, 0.3) is 0 Å². The van der Waals surface area contributed by atoms with Crippen LogP contribution in [0.1, 0.15) is 0 Å². The first-order valence-electron chi connectivity index (χ1n) is 2.38. The summed E-state index contributed by atoms with van der Waals surface area (Å²) in [4.78, 5) is 8.41. The highest BCUT2D eigenvalue weighted by Crippen LogP contribution is 2.25. The molecule has 0 saturated heterocycles. The van der Waals surface area contributed by atoms with E-state index in [0.717, 1.165) is 0 Å². The minimum Gasteiger partial charge on any atom is -0.260 e. The van der Waals surface area contributed by atoms with Crippen LogP contribution in [0.2, 0.25) is 0 Å². The zero-order valence-electron chi connectivity index (χ0n) is 5.52. The van der Waals surface area contributed by atoms with Crippen LogP contribution in [0, 0.1) is 10.1 Å². The molecule has 0 aliphatic rings. The van der Waals surface area contributed by atoms with Crippen LogP contribution in [-0.4, -0.2) is 14.7 Å². The highest BCUT2D eigenvalue weighted by Gasteiger charge is 2.33. The molecule has 0 atom stereocenters. The van der Waals surface area contributed by atoms with Crippen molar-refractivity contribution in [2.75, 3.05) is 5.88 Å². The number of allylic oxidation sites excluding steroid dienone is 1. The maximum atomic E-state index is 9.43. The van der Waals surface area contributed by atoms with Gasteiger partial charge in [0.15, 0.2) is 0 Å². The van der Waals surface area contributed by atoms with E-state index in [2.05, 4.69) is 0 Å². The SMILES string of the molecule is Cl/C=C/CCl.O=[N+]([O-])C(Cl)(Cl)Cl. The van der Waals surface area contributed by atoms with E-state index in [9.17, 15) is 10.1 Å². The van der Waals surface area contributed by atoms with E-state index in [0.29, 0.717) is 5.88 Å². The number of rotatable bonds is 1. The zero-order chi connectivity index (χ0) is 10.2. The fraction of sp³-hybridized carbons (Fsp3) is 0.500. The molecule has 0 bridgehead atoms. The third-order valence-electron chi connectivity index (χ3n) is 0.385. The van der Waals surface area contributed by atoms with Gasteiger partial charge in [-0.1, -0.05) is 17.7 Å². The highest BCUT2D eigenvalue weighted by atomic mass is 35.6. The maximum absolute atomic E-state index is 9.43. The topological polar surface area (TPSA) is 43.1 Å². The molecule has 3 nitrogen and oxygen atoms in total. The summed E-state index contributed by atoms with van der Waals surface area (Å²) in [5.74, 6) is 0.503. The lowest BCUT2D eigenvalue weighted by Crippen LogP contribution is -2.15. The van der Waals surface area contributed by atoms with Crippen LogP contribution in [0.25, 0.3) is 0 Å². The van der Waals surface area contributed by atoms with Gasteiger partial charge in [-0.15, -0.1) is 11.6 Å². The van der Waals surface area contributed by atoms with Gasteiger partial charge in [-0.2, -0.15) is 0 Å². The van der Waals surface area contributed by atoms with Crippen LogP contribution < -0.4 is 0 Å². The Kier molecular flexibility index (Phi) is 10.3. The minimum absolute atomic E-state index is 0.503. The van der Waals surface area contributed by atoms with Gasteiger partial charge >= 0.3 is 3.92 Å². The van der Waals surface area contributed by atoms with Gasteiger partial charge in [0, 0.05) is 11.4 Å². The molecule has 0 amide bonds. The van der Waals surface area contributed by atoms with Crippen molar-refractivity contribution in [2.45, 2.75) is 3.92 Å². The van der Waals surface area contributed by atoms with Crippen molar-refractivity contribution in [1.29, 1.82) is 0 Å². The van der Waals surface area contributed by atoms with E-state index in [1.54, 1.807) is 6.08 Å². The Labute approximate surface area is 94.3 Å². The fourth-order valence-corrected chi connectivity index (χ4v) is 0.303. The molecule has 0 radical (unpaired) electrons. The molecule has 0 heterocycles. The number of nitrogens with zero attached hydrogens (tertiary/aromatic N) is 1. The number of hydrogen-bond acceptors (Lipinski definition) is 2. The van der Waals surface area contributed by atoms with Crippen molar-refractivity contribution in [3.8, 4) is 0 Å². The second-order valence-corrected chi connectivity index (χ2v) is 4.02. The molecule has 8 heteroatoms. The predicted molar refractivity (Wildman–Crippen MR) is 53.0 cm³/mol. The summed E-state index contributed by atoms with van der Waals surface area (Å²) in [5.41, 5.74) is 1.40. The molecule has 0 unspecified atom stereocenters. The zero-order valence-corrected chi connectivity index (χ0v) is 9.29. The van der Waals surface area contributed by atoms with Crippen molar-refractivity contribution in [3.05, 3.63) is 21.7 Å². The van der Waals surface area contributed by atoms with Gasteiger partial charge in [-0.3, -0.25) is 10.1 Å². The molecule has 0 fully saturated rings. The quantitative estimate of drug-likeness (QED) is 0.318. The van der Waals surface area contributed by atoms with Crippen LogP contribution in [0.3, 0.4) is 0 Å². The minimum atomic E-state index is -2.36. The number of halogens is 5. The third-order valence-corrected chi connectivity index (χ3v) is 1.16. The molecule has 0 spiro atoms. The molecule has 72 valence electrons. The molecule has 0 N–H and O–H groups in total. The van der Waals surface area contributed by atoms with Gasteiger partial charge in [0.05, 0.1) is 4.92 Å². The molecule has 0 aliphatic heterocycles. The summed E-state index contributed by atoms with van der Waals surface area (Å²) in [6, 6.07) is 0. The monoisotopic (exact) mass is 273 g/mol. The van der Waals surface area contributed by atoms with E-state index < -0.39 is 8.84 Å². The van der Waals surface area contributed by atoms with Crippen LogP contribution >= 0.6 is 58.0 Å². The molecule has 0 saturated carbocycles. The molecule has 0 aromatic carbocycles. The van der Waals surface area contributed by atoms with E-state index in [-0.39, 0.29) is 0 Å². The van der Waals surface area contributed by atoms with Gasteiger partial charge < -0.3 is 0 Å². The number of alkyl halides is 4. The summed E-state index contributed by atoms with van der Waals surface area (Å²) < 4.78 is -2.36. The van der Waals surface area contributed by atoms with E-state index >= 15 is 0 Å². The Morgan fingerprint density at radius 1 is 1.42 bits per heavy atom. The molecule has 0 rings (SSSR count). The van der Waals surface area contributed by atoms with Gasteiger partial charge in [0.1, 0.15) is 0 Å². The van der Waals surface area contributed by atoms with Gasteiger partial charge in [0.2, 0.25) is 0 Å².